The van der Waals surface area contributed by atoms with Crippen molar-refractivity contribution in [2.75, 3.05) is 0 Å². The molecular formula is C16H17ClINO. The third kappa shape index (κ3) is 4.36. The molecule has 1 unspecified atom stereocenters. The van der Waals surface area contributed by atoms with Crippen LogP contribution in [0.2, 0.25) is 5.02 Å². The second kappa shape index (κ2) is 7.29. The normalized spacial score (nSPS) is 12.2. The van der Waals surface area contributed by atoms with Crippen LogP contribution in [0.5, 0.6) is 11.5 Å². The fourth-order valence-corrected chi connectivity index (χ4v) is 2.43. The molecule has 0 aliphatic carbocycles. The summed E-state index contributed by atoms with van der Waals surface area (Å²) in [7, 11) is 0. The predicted molar refractivity (Wildman–Crippen MR) is 92.7 cm³/mol. The number of ether oxygens (including phenoxy) is 1. The summed E-state index contributed by atoms with van der Waals surface area (Å²) < 4.78 is 6.96. The van der Waals surface area contributed by atoms with Gasteiger partial charge in [-0.25, -0.2) is 0 Å². The van der Waals surface area contributed by atoms with Gasteiger partial charge in [0.1, 0.15) is 11.5 Å². The highest BCUT2D eigenvalue weighted by Crippen LogP contribution is 2.30. The fourth-order valence-electron chi connectivity index (χ4n) is 1.83. The average Bonchev–Trinajstić information content (AvgIpc) is 2.44. The number of rotatable bonds is 5. The average molecular weight is 402 g/mol. The van der Waals surface area contributed by atoms with Crippen LogP contribution in [0.3, 0.4) is 0 Å². The summed E-state index contributed by atoms with van der Waals surface area (Å²) in [4.78, 5) is 0. The Labute approximate surface area is 138 Å². The monoisotopic (exact) mass is 401 g/mol. The lowest BCUT2D eigenvalue weighted by Crippen LogP contribution is -2.21. The molecule has 0 bridgehead atoms. The molecule has 0 spiro atoms. The molecule has 2 aromatic carbocycles. The first-order valence-corrected chi connectivity index (χ1v) is 8.01. The zero-order valence-corrected chi connectivity index (χ0v) is 14.2. The van der Waals surface area contributed by atoms with Crippen LogP contribution in [0.25, 0.3) is 0 Å². The Morgan fingerprint density at radius 3 is 2.50 bits per heavy atom. The molecule has 0 saturated heterocycles. The van der Waals surface area contributed by atoms with Crippen molar-refractivity contribution in [3.8, 4) is 11.5 Å². The van der Waals surface area contributed by atoms with Gasteiger partial charge in [0.15, 0.2) is 0 Å². The highest BCUT2D eigenvalue weighted by molar-refractivity contribution is 14.1. The predicted octanol–water partition coefficient (Wildman–Crippen LogP) is 5.02. The number of hydrogen-bond donors (Lipinski definition) is 1. The molecule has 0 amide bonds. The molecule has 2 nitrogen and oxygen atoms in total. The largest absolute Gasteiger partial charge is 0.456 e. The smallest absolute Gasteiger partial charge is 0.146 e. The van der Waals surface area contributed by atoms with Gasteiger partial charge in [0.2, 0.25) is 0 Å². The van der Waals surface area contributed by atoms with Gasteiger partial charge in [0, 0.05) is 9.61 Å². The first-order valence-electron chi connectivity index (χ1n) is 6.56. The molecular weight excluding hydrogens is 385 g/mol. The minimum atomic E-state index is 0.175. The van der Waals surface area contributed by atoms with E-state index in [1.807, 2.05) is 42.5 Å². The summed E-state index contributed by atoms with van der Waals surface area (Å²) in [5, 5.41) is 0.615. The van der Waals surface area contributed by atoms with E-state index in [4.69, 9.17) is 22.1 Å². The van der Waals surface area contributed by atoms with Crippen molar-refractivity contribution in [1.29, 1.82) is 0 Å². The molecule has 1 atom stereocenters. The van der Waals surface area contributed by atoms with Crippen molar-refractivity contribution < 1.29 is 4.74 Å². The van der Waals surface area contributed by atoms with Gasteiger partial charge >= 0.3 is 0 Å². The third-order valence-electron chi connectivity index (χ3n) is 3.06. The second-order valence-electron chi connectivity index (χ2n) is 4.69. The van der Waals surface area contributed by atoms with Crippen molar-refractivity contribution in [2.45, 2.75) is 25.8 Å². The zero-order chi connectivity index (χ0) is 14.5. The Bertz CT molecular complexity index is 571. The molecule has 0 heterocycles. The molecule has 0 aliphatic heterocycles. The van der Waals surface area contributed by atoms with Crippen molar-refractivity contribution in [2.24, 2.45) is 5.73 Å². The first-order chi connectivity index (χ1) is 9.58. The maximum Gasteiger partial charge on any atom is 0.146 e. The van der Waals surface area contributed by atoms with Crippen LogP contribution in [0.1, 0.15) is 18.9 Å². The third-order valence-corrected chi connectivity index (χ3v) is 4.07. The van der Waals surface area contributed by atoms with Crippen LogP contribution in [-0.4, -0.2) is 6.04 Å². The van der Waals surface area contributed by atoms with E-state index in [0.29, 0.717) is 10.8 Å². The Kier molecular flexibility index (Phi) is 5.69. The van der Waals surface area contributed by atoms with Gasteiger partial charge in [0.05, 0.1) is 5.02 Å². The molecule has 20 heavy (non-hydrogen) atoms. The van der Waals surface area contributed by atoms with Crippen LogP contribution in [0.4, 0.5) is 0 Å². The molecule has 2 N–H and O–H groups in total. The number of halogens is 2. The topological polar surface area (TPSA) is 35.2 Å². The van der Waals surface area contributed by atoms with E-state index in [1.54, 1.807) is 0 Å². The molecule has 2 rings (SSSR count). The first kappa shape index (κ1) is 15.6. The van der Waals surface area contributed by atoms with Gasteiger partial charge in [-0.1, -0.05) is 24.6 Å². The van der Waals surface area contributed by atoms with E-state index in [9.17, 15) is 0 Å². The van der Waals surface area contributed by atoms with Crippen LogP contribution in [0.15, 0.2) is 42.5 Å². The lowest BCUT2D eigenvalue weighted by atomic mass is 10.0. The Hall–Kier alpha value is -0.780. The number of hydrogen-bond acceptors (Lipinski definition) is 2. The van der Waals surface area contributed by atoms with Crippen molar-refractivity contribution in [1.82, 2.24) is 0 Å². The number of benzene rings is 2. The minimum absolute atomic E-state index is 0.175. The van der Waals surface area contributed by atoms with E-state index in [-0.39, 0.29) is 6.04 Å². The lowest BCUT2D eigenvalue weighted by Gasteiger charge is -2.12. The summed E-state index contributed by atoms with van der Waals surface area (Å²) in [6, 6.07) is 13.9. The molecule has 0 aliphatic rings. The molecule has 106 valence electrons. The zero-order valence-electron chi connectivity index (χ0n) is 11.3. The summed E-state index contributed by atoms with van der Waals surface area (Å²) >= 11 is 8.53. The summed E-state index contributed by atoms with van der Waals surface area (Å²) in [5.41, 5.74) is 7.09. The Morgan fingerprint density at radius 2 is 1.90 bits per heavy atom. The van der Waals surface area contributed by atoms with E-state index in [0.717, 1.165) is 24.2 Å². The van der Waals surface area contributed by atoms with E-state index < -0.39 is 0 Å². The summed E-state index contributed by atoms with van der Waals surface area (Å²) in [6.07, 6.45) is 1.79. The molecule has 0 aromatic heterocycles. The van der Waals surface area contributed by atoms with Crippen LogP contribution in [0, 0.1) is 3.57 Å². The molecule has 0 fully saturated rings. The molecule has 0 radical (unpaired) electrons. The van der Waals surface area contributed by atoms with Crippen LogP contribution < -0.4 is 10.5 Å². The van der Waals surface area contributed by atoms with E-state index >= 15 is 0 Å². The highest BCUT2D eigenvalue weighted by atomic mass is 127. The quantitative estimate of drug-likeness (QED) is 0.714. The highest BCUT2D eigenvalue weighted by Gasteiger charge is 2.07. The fraction of sp³-hybridized carbons (Fsp3) is 0.250. The van der Waals surface area contributed by atoms with Crippen molar-refractivity contribution in [3.05, 3.63) is 56.6 Å². The maximum absolute atomic E-state index is 6.27. The molecule has 2 aromatic rings. The van der Waals surface area contributed by atoms with Crippen LogP contribution in [-0.2, 0) is 6.42 Å². The second-order valence-corrected chi connectivity index (χ2v) is 6.35. The van der Waals surface area contributed by atoms with Crippen molar-refractivity contribution >= 4 is 34.2 Å². The molecule has 0 saturated carbocycles. The molecule has 4 heteroatoms. The minimum Gasteiger partial charge on any atom is -0.456 e. The van der Waals surface area contributed by atoms with Gasteiger partial charge in [-0.2, -0.15) is 0 Å². The van der Waals surface area contributed by atoms with Gasteiger partial charge in [0.25, 0.3) is 0 Å². The Balaban J connectivity index is 2.11. The lowest BCUT2D eigenvalue weighted by molar-refractivity contribution is 0.482. The van der Waals surface area contributed by atoms with Gasteiger partial charge in [-0.15, -0.1) is 0 Å². The van der Waals surface area contributed by atoms with Crippen LogP contribution >= 0.6 is 34.2 Å². The van der Waals surface area contributed by atoms with Crippen molar-refractivity contribution in [3.63, 3.8) is 0 Å². The van der Waals surface area contributed by atoms with Gasteiger partial charge < -0.3 is 10.5 Å². The number of nitrogens with two attached hydrogens (primary N) is 1. The van der Waals surface area contributed by atoms with E-state index in [2.05, 4.69) is 29.5 Å². The van der Waals surface area contributed by atoms with Gasteiger partial charge in [-0.3, -0.25) is 0 Å². The summed E-state index contributed by atoms with van der Waals surface area (Å²) in [6.45, 7) is 2.08. The Morgan fingerprint density at radius 1 is 1.20 bits per heavy atom. The SMILES string of the molecule is CCC(N)Cc1ccc(Oc2ccc(I)cc2)c(Cl)c1. The summed E-state index contributed by atoms with van der Waals surface area (Å²) in [5.74, 6) is 1.45. The standard InChI is InChI=1S/C16H17ClINO/c1-2-13(19)9-11-3-8-16(15(17)10-11)20-14-6-4-12(18)5-7-14/h3-8,10,13H,2,9,19H2,1H3. The van der Waals surface area contributed by atoms with E-state index in [1.165, 1.54) is 3.57 Å². The van der Waals surface area contributed by atoms with Gasteiger partial charge in [-0.05, 0) is 77.4 Å². The maximum atomic E-state index is 6.27.